The minimum Gasteiger partial charge on any atom is -0.497 e. The first-order chi connectivity index (χ1) is 18.2. The number of halogens is 4. The molecule has 0 bridgehead atoms. The minimum atomic E-state index is -4.64. The Morgan fingerprint density at radius 2 is 1.55 bits per heavy atom. The van der Waals surface area contributed by atoms with E-state index in [1.54, 1.807) is 24.4 Å². The highest BCUT2D eigenvalue weighted by Crippen LogP contribution is 2.34. The average Bonchev–Trinajstić information content (AvgIpc) is 2.91. The zero-order valence-electron chi connectivity index (χ0n) is 20.6. The maximum atomic E-state index is 13.8. The predicted octanol–water partition coefficient (Wildman–Crippen LogP) is 5.78. The number of anilines is 4. The molecule has 0 aliphatic carbocycles. The summed E-state index contributed by atoms with van der Waals surface area (Å²) in [6.45, 7) is 2.11. The highest BCUT2D eigenvalue weighted by molar-refractivity contribution is 6.31. The second-order valence-corrected chi connectivity index (χ2v) is 9.06. The van der Waals surface area contributed by atoms with E-state index in [1.807, 2.05) is 29.2 Å². The second-order valence-electron chi connectivity index (χ2n) is 8.62. The Hall–Kier alpha value is -3.99. The Morgan fingerprint density at radius 1 is 0.868 bits per heavy atom. The number of rotatable bonds is 6. The van der Waals surface area contributed by atoms with Gasteiger partial charge in [0.2, 0.25) is 5.95 Å². The lowest BCUT2D eigenvalue weighted by Crippen LogP contribution is -2.47. The van der Waals surface area contributed by atoms with Crippen LogP contribution in [-0.2, 0) is 6.18 Å². The normalized spacial score (nSPS) is 14.1. The Bertz CT molecular complexity index is 1440. The maximum absolute atomic E-state index is 13.8. The van der Waals surface area contributed by atoms with Crippen molar-refractivity contribution in [1.29, 1.82) is 0 Å². The molecule has 1 aliphatic rings. The molecule has 4 aromatic rings. The zero-order chi connectivity index (χ0) is 26.9. The van der Waals surface area contributed by atoms with E-state index in [-0.39, 0.29) is 11.8 Å². The van der Waals surface area contributed by atoms with Gasteiger partial charge in [-0.15, -0.1) is 0 Å². The summed E-state index contributed by atoms with van der Waals surface area (Å²) in [5.74, 6) is 0.961. The fraction of sp³-hybridized carbons (Fsp3) is 0.269. The maximum Gasteiger partial charge on any atom is 0.433 e. The molecule has 0 spiro atoms. The number of piperazine rings is 1. The molecular weight excluding hydrogens is 521 g/mol. The van der Waals surface area contributed by atoms with Crippen molar-refractivity contribution in [2.75, 3.05) is 55.5 Å². The lowest BCUT2D eigenvalue weighted by molar-refractivity contribution is -0.141. The van der Waals surface area contributed by atoms with Crippen LogP contribution in [0, 0.1) is 0 Å². The monoisotopic (exact) mass is 544 g/mol. The van der Waals surface area contributed by atoms with Crippen LogP contribution in [0.4, 0.5) is 36.3 Å². The van der Waals surface area contributed by atoms with Gasteiger partial charge in [-0.25, -0.2) is 4.98 Å². The summed E-state index contributed by atoms with van der Waals surface area (Å²) in [6.07, 6.45) is -2.91. The molecule has 0 amide bonds. The SMILES string of the molecule is COc1cc(Nc2nc(N3CCN(c4ccnc5cc(Cl)ccc45)CC3)cc(C(F)(F)F)n2)cc(OC)c1. The Labute approximate surface area is 222 Å². The van der Waals surface area contributed by atoms with Crippen LogP contribution in [0.25, 0.3) is 10.9 Å². The number of methoxy groups -OCH3 is 2. The minimum absolute atomic E-state index is 0.176. The summed E-state index contributed by atoms with van der Waals surface area (Å²) >= 11 is 6.11. The molecule has 0 radical (unpaired) electrons. The van der Waals surface area contributed by atoms with Crippen LogP contribution in [0.15, 0.2) is 54.7 Å². The number of benzene rings is 2. The van der Waals surface area contributed by atoms with E-state index in [0.717, 1.165) is 22.7 Å². The molecule has 12 heteroatoms. The molecule has 1 fully saturated rings. The van der Waals surface area contributed by atoms with Crippen LogP contribution in [0.2, 0.25) is 5.02 Å². The van der Waals surface area contributed by atoms with Crippen LogP contribution in [-0.4, -0.2) is 55.4 Å². The molecule has 8 nitrogen and oxygen atoms in total. The van der Waals surface area contributed by atoms with E-state index in [4.69, 9.17) is 21.1 Å². The topological polar surface area (TPSA) is 75.6 Å². The van der Waals surface area contributed by atoms with Crippen LogP contribution in [0.5, 0.6) is 11.5 Å². The molecular formula is C26H24ClF3N6O2. The summed E-state index contributed by atoms with van der Waals surface area (Å²) in [7, 11) is 2.97. The van der Waals surface area contributed by atoms with Crippen LogP contribution >= 0.6 is 11.6 Å². The first kappa shape index (κ1) is 25.7. The Balaban J connectivity index is 1.40. The molecule has 198 valence electrons. The van der Waals surface area contributed by atoms with Gasteiger partial charge in [0.1, 0.15) is 17.3 Å². The number of aromatic nitrogens is 3. The van der Waals surface area contributed by atoms with Gasteiger partial charge in [-0.05, 0) is 24.3 Å². The average molecular weight is 545 g/mol. The van der Waals surface area contributed by atoms with Crippen LogP contribution in [0.3, 0.4) is 0 Å². The predicted molar refractivity (Wildman–Crippen MR) is 141 cm³/mol. The van der Waals surface area contributed by atoms with Crippen LogP contribution in [0.1, 0.15) is 5.69 Å². The zero-order valence-corrected chi connectivity index (χ0v) is 21.3. The van der Waals surface area contributed by atoms with Gasteiger partial charge in [-0.1, -0.05) is 11.6 Å². The number of hydrogen-bond acceptors (Lipinski definition) is 8. The van der Waals surface area contributed by atoms with Gasteiger partial charge >= 0.3 is 6.18 Å². The van der Waals surface area contributed by atoms with Crippen molar-refractivity contribution < 1.29 is 22.6 Å². The molecule has 2 aromatic heterocycles. The first-order valence-corrected chi connectivity index (χ1v) is 12.1. The molecule has 1 saturated heterocycles. The van der Waals surface area contributed by atoms with E-state index in [9.17, 15) is 13.2 Å². The first-order valence-electron chi connectivity index (χ1n) is 11.7. The molecule has 5 rings (SSSR count). The van der Waals surface area contributed by atoms with Crippen LogP contribution < -0.4 is 24.6 Å². The van der Waals surface area contributed by atoms with Gasteiger partial charge in [0.05, 0.1) is 19.7 Å². The van der Waals surface area contributed by atoms with Gasteiger partial charge in [-0.2, -0.15) is 18.2 Å². The van der Waals surface area contributed by atoms with Crippen molar-refractivity contribution in [1.82, 2.24) is 15.0 Å². The molecule has 0 unspecified atom stereocenters. The smallest absolute Gasteiger partial charge is 0.433 e. The highest BCUT2D eigenvalue weighted by Gasteiger charge is 2.34. The number of hydrogen-bond donors (Lipinski definition) is 1. The van der Waals surface area contributed by atoms with Crippen molar-refractivity contribution in [2.45, 2.75) is 6.18 Å². The third-order valence-electron chi connectivity index (χ3n) is 6.24. The second kappa shape index (κ2) is 10.4. The molecule has 1 N–H and O–H groups in total. The fourth-order valence-electron chi connectivity index (χ4n) is 4.36. The van der Waals surface area contributed by atoms with E-state index in [0.29, 0.717) is 48.4 Å². The van der Waals surface area contributed by atoms with Gasteiger partial charge in [0, 0.05) is 78.4 Å². The number of ether oxygens (including phenoxy) is 2. The number of fused-ring (bicyclic) bond motifs is 1. The van der Waals surface area contributed by atoms with Crippen molar-refractivity contribution in [2.24, 2.45) is 0 Å². The molecule has 38 heavy (non-hydrogen) atoms. The number of pyridine rings is 1. The van der Waals surface area contributed by atoms with Gasteiger partial charge < -0.3 is 24.6 Å². The summed E-state index contributed by atoms with van der Waals surface area (Å²) in [4.78, 5) is 16.5. The fourth-order valence-corrected chi connectivity index (χ4v) is 4.53. The van der Waals surface area contributed by atoms with Crippen molar-refractivity contribution >= 4 is 45.6 Å². The molecule has 2 aromatic carbocycles. The third-order valence-corrected chi connectivity index (χ3v) is 6.47. The summed E-state index contributed by atoms with van der Waals surface area (Å²) < 4.78 is 51.7. The van der Waals surface area contributed by atoms with Gasteiger partial charge in [0.15, 0.2) is 5.69 Å². The van der Waals surface area contributed by atoms with E-state index >= 15 is 0 Å². The van der Waals surface area contributed by atoms with Crippen molar-refractivity contribution in [3.8, 4) is 11.5 Å². The molecule has 0 saturated carbocycles. The lowest BCUT2D eigenvalue weighted by Gasteiger charge is -2.37. The molecule has 3 heterocycles. The van der Waals surface area contributed by atoms with Crippen molar-refractivity contribution in [3.05, 3.63) is 65.4 Å². The largest absolute Gasteiger partial charge is 0.497 e. The highest BCUT2D eigenvalue weighted by atomic mass is 35.5. The molecule has 0 atom stereocenters. The quantitative estimate of drug-likeness (QED) is 0.327. The third kappa shape index (κ3) is 5.47. The number of nitrogens with zero attached hydrogens (tertiary/aromatic N) is 5. The van der Waals surface area contributed by atoms with Gasteiger partial charge in [-0.3, -0.25) is 4.98 Å². The summed E-state index contributed by atoms with van der Waals surface area (Å²) in [6, 6.07) is 13.4. The summed E-state index contributed by atoms with van der Waals surface area (Å²) in [5, 5.41) is 4.44. The standard InChI is InChI=1S/C26H24ClF3N6O2/c1-37-18-12-17(13-19(14-18)38-2)32-25-33-23(26(28,29)30)15-24(34-25)36-9-7-35(8-10-36)22-5-6-31-21-11-16(27)3-4-20(21)22/h3-6,11-15H,7-10H2,1-2H3,(H,32,33,34). The Morgan fingerprint density at radius 3 is 2.21 bits per heavy atom. The number of alkyl halides is 3. The van der Waals surface area contributed by atoms with E-state index in [1.165, 1.54) is 14.2 Å². The van der Waals surface area contributed by atoms with E-state index in [2.05, 4.69) is 25.2 Å². The van der Waals surface area contributed by atoms with Crippen molar-refractivity contribution in [3.63, 3.8) is 0 Å². The summed E-state index contributed by atoms with van der Waals surface area (Å²) in [5.41, 5.74) is 1.19. The molecule has 1 aliphatic heterocycles. The van der Waals surface area contributed by atoms with Gasteiger partial charge in [0.25, 0.3) is 0 Å². The lowest BCUT2D eigenvalue weighted by atomic mass is 10.1. The Kier molecular flexibility index (Phi) is 7.02. The number of nitrogens with one attached hydrogen (secondary N) is 1. The van der Waals surface area contributed by atoms with E-state index < -0.39 is 11.9 Å².